The third-order valence-corrected chi connectivity index (χ3v) is 2.59. The monoisotopic (exact) mass is 221 g/mol. The minimum Gasteiger partial charge on any atom is -0.394 e. The summed E-state index contributed by atoms with van der Waals surface area (Å²) in [6, 6.07) is -1.11. The highest BCUT2D eigenvalue weighted by molar-refractivity contribution is 5.74. The maximum atomic E-state index is 11.1. The smallest absolute Gasteiger partial charge is 0.221 e. The summed E-state index contributed by atoms with van der Waals surface area (Å²) in [6.45, 7) is 0.518. The molecule has 1 unspecified atom stereocenters. The normalized spacial score (nSPS) is 41.7. The van der Waals surface area contributed by atoms with Crippen LogP contribution in [0.1, 0.15) is 6.92 Å². The van der Waals surface area contributed by atoms with Crippen LogP contribution in [0, 0.1) is 0 Å². The summed E-state index contributed by atoms with van der Waals surface area (Å²) in [7, 11) is 0. The van der Waals surface area contributed by atoms with Crippen molar-refractivity contribution in [2.24, 2.45) is 0 Å². The number of amides is 1. The third kappa shape index (κ3) is 1.97. The minimum absolute atomic E-state index is 0.605. The molecule has 0 aromatic rings. The number of carbonyl (C=O) groups is 1. The van der Waals surface area contributed by atoms with E-state index in [-0.39, 0.29) is 0 Å². The molecule has 0 spiro atoms. The van der Waals surface area contributed by atoms with Crippen LogP contribution in [0.25, 0.3) is 0 Å². The molecule has 1 aliphatic heterocycles. The molecule has 88 valence electrons. The highest BCUT2D eigenvalue weighted by Crippen LogP contribution is 2.23. The fourth-order valence-corrected chi connectivity index (χ4v) is 1.75. The molecule has 1 fully saturated rings. The topological polar surface area (TPSA) is 121 Å². The Hall–Kier alpha value is -0.730. The van der Waals surface area contributed by atoms with E-state index in [2.05, 4.69) is 0 Å². The molecule has 5 atom stereocenters. The molecule has 5 N–H and O–H groups in total. The van der Waals surface area contributed by atoms with Crippen molar-refractivity contribution in [3.8, 4) is 0 Å². The van der Waals surface area contributed by atoms with Gasteiger partial charge in [0.2, 0.25) is 5.91 Å². The Kier molecular flexibility index (Phi) is 3.63. The first-order chi connectivity index (χ1) is 6.91. The molecule has 1 aliphatic rings. The van der Waals surface area contributed by atoms with Gasteiger partial charge >= 0.3 is 0 Å². The van der Waals surface area contributed by atoms with Gasteiger partial charge in [0.05, 0.1) is 12.6 Å². The second-order valence-electron chi connectivity index (χ2n) is 3.56. The summed E-state index contributed by atoms with van der Waals surface area (Å²) in [5, 5.41) is 46.5. The van der Waals surface area contributed by atoms with Crippen molar-refractivity contribution in [3.63, 3.8) is 0 Å². The number of aliphatic hydroxyl groups excluding tert-OH is 5. The first kappa shape index (κ1) is 12.3. The predicted octanol–water partition coefficient (Wildman–Crippen LogP) is -3.39. The number of aliphatic hydroxyl groups is 5. The number of nitrogens with zero attached hydrogens (tertiary/aromatic N) is 1. The molecule has 1 saturated heterocycles. The average molecular weight is 221 g/mol. The fraction of sp³-hybridized carbons (Fsp3) is 0.875. The lowest BCUT2D eigenvalue weighted by Crippen LogP contribution is -2.68. The maximum Gasteiger partial charge on any atom is 0.221 e. The number of hydrogen-bond acceptors (Lipinski definition) is 6. The van der Waals surface area contributed by atoms with E-state index in [0.29, 0.717) is 0 Å². The van der Waals surface area contributed by atoms with Gasteiger partial charge in [-0.1, -0.05) is 0 Å². The van der Waals surface area contributed by atoms with Gasteiger partial charge in [0.1, 0.15) is 18.3 Å². The third-order valence-electron chi connectivity index (χ3n) is 2.59. The molecule has 0 aromatic heterocycles. The lowest BCUT2D eigenvalue weighted by Gasteiger charge is -2.45. The van der Waals surface area contributed by atoms with Crippen LogP contribution in [-0.4, -0.2) is 73.5 Å². The molecule has 0 bridgehead atoms. The standard InChI is InChI=1S/C8H15NO6/c1-3(11)9-4(2-10)5(12)6(13)7(14)8(9)15/h4-8,10,12-15H,2H2,1H3/t4-,5+,6+,7-,8?/m1/s1. The lowest BCUT2D eigenvalue weighted by atomic mass is 9.93. The summed E-state index contributed by atoms with van der Waals surface area (Å²) < 4.78 is 0. The zero-order valence-electron chi connectivity index (χ0n) is 8.19. The van der Waals surface area contributed by atoms with E-state index in [1.807, 2.05) is 0 Å². The van der Waals surface area contributed by atoms with Gasteiger partial charge < -0.3 is 30.4 Å². The summed E-state index contributed by atoms with van der Waals surface area (Å²) in [5.74, 6) is -0.605. The highest BCUT2D eigenvalue weighted by Gasteiger charge is 2.47. The first-order valence-electron chi connectivity index (χ1n) is 4.53. The molecular weight excluding hydrogens is 206 g/mol. The van der Waals surface area contributed by atoms with E-state index >= 15 is 0 Å². The van der Waals surface area contributed by atoms with Crippen molar-refractivity contribution in [3.05, 3.63) is 0 Å². The molecule has 0 aliphatic carbocycles. The zero-order chi connectivity index (χ0) is 11.7. The molecule has 0 saturated carbocycles. The Labute approximate surface area is 86.2 Å². The first-order valence-corrected chi connectivity index (χ1v) is 4.53. The molecule has 1 amide bonds. The molecular formula is C8H15NO6. The summed E-state index contributed by atoms with van der Waals surface area (Å²) in [5.41, 5.74) is 0. The molecule has 1 rings (SSSR count). The van der Waals surface area contributed by atoms with E-state index in [1.54, 1.807) is 0 Å². The Morgan fingerprint density at radius 3 is 2.07 bits per heavy atom. The van der Waals surface area contributed by atoms with Crippen LogP contribution in [0.4, 0.5) is 0 Å². The van der Waals surface area contributed by atoms with Crippen molar-refractivity contribution in [2.75, 3.05) is 6.61 Å². The Morgan fingerprint density at radius 1 is 1.13 bits per heavy atom. The van der Waals surface area contributed by atoms with Crippen molar-refractivity contribution in [1.29, 1.82) is 0 Å². The van der Waals surface area contributed by atoms with Gasteiger partial charge in [-0.2, -0.15) is 0 Å². The van der Waals surface area contributed by atoms with Gasteiger partial charge in [0.15, 0.2) is 6.23 Å². The van der Waals surface area contributed by atoms with Crippen LogP contribution in [0.15, 0.2) is 0 Å². The Balaban J connectivity index is 2.97. The predicted molar refractivity (Wildman–Crippen MR) is 47.4 cm³/mol. The molecule has 0 aromatic carbocycles. The molecule has 15 heavy (non-hydrogen) atoms. The summed E-state index contributed by atoms with van der Waals surface area (Å²) >= 11 is 0. The fourth-order valence-electron chi connectivity index (χ4n) is 1.75. The van der Waals surface area contributed by atoms with Crippen molar-refractivity contribution >= 4 is 5.91 Å². The lowest BCUT2D eigenvalue weighted by molar-refractivity contribution is -0.221. The van der Waals surface area contributed by atoms with E-state index in [0.717, 1.165) is 11.8 Å². The number of rotatable bonds is 1. The van der Waals surface area contributed by atoms with Crippen molar-refractivity contribution in [1.82, 2.24) is 4.90 Å². The van der Waals surface area contributed by atoms with Crippen LogP contribution >= 0.6 is 0 Å². The molecule has 0 radical (unpaired) electrons. The number of piperidine rings is 1. The molecule has 7 heteroatoms. The van der Waals surface area contributed by atoms with E-state index in [4.69, 9.17) is 5.11 Å². The van der Waals surface area contributed by atoms with Gasteiger partial charge in [-0.25, -0.2) is 0 Å². The average Bonchev–Trinajstić information content (AvgIpc) is 2.19. The maximum absolute atomic E-state index is 11.1. The number of carbonyl (C=O) groups excluding carboxylic acids is 1. The Bertz CT molecular complexity index is 247. The largest absolute Gasteiger partial charge is 0.394 e. The van der Waals surface area contributed by atoms with Crippen molar-refractivity contribution in [2.45, 2.75) is 37.5 Å². The van der Waals surface area contributed by atoms with Gasteiger partial charge in [-0.15, -0.1) is 0 Å². The summed E-state index contributed by atoms with van der Waals surface area (Å²) in [4.78, 5) is 11.9. The Morgan fingerprint density at radius 2 is 1.67 bits per heavy atom. The minimum atomic E-state index is -1.65. The van der Waals surface area contributed by atoms with Gasteiger partial charge in [-0.3, -0.25) is 4.79 Å². The van der Waals surface area contributed by atoms with Crippen LogP contribution < -0.4 is 0 Å². The van der Waals surface area contributed by atoms with Gasteiger partial charge in [0.25, 0.3) is 0 Å². The second kappa shape index (κ2) is 4.42. The van der Waals surface area contributed by atoms with Gasteiger partial charge in [-0.05, 0) is 0 Å². The zero-order valence-corrected chi connectivity index (χ0v) is 8.19. The van der Waals surface area contributed by atoms with Crippen molar-refractivity contribution < 1.29 is 30.3 Å². The van der Waals surface area contributed by atoms with Crippen LogP contribution in [0.5, 0.6) is 0 Å². The molecule has 1 heterocycles. The molecule has 7 nitrogen and oxygen atoms in total. The van der Waals surface area contributed by atoms with E-state index in [9.17, 15) is 25.2 Å². The van der Waals surface area contributed by atoms with E-state index < -0.39 is 43.1 Å². The number of hydrogen-bond donors (Lipinski definition) is 5. The van der Waals surface area contributed by atoms with Crippen LogP contribution in [0.2, 0.25) is 0 Å². The van der Waals surface area contributed by atoms with E-state index in [1.165, 1.54) is 0 Å². The van der Waals surface area contributed by atoms with Crippen LogP contribution in [0.3, 0.4) is 0 Å². The highest BCUT2D eigenvalue weighted by atomic mass is 16.4. The second-order valence-corrected chi connectivity index (χ2v) is 3.56. The number of likely N-dealkylation sites (tertiary alicyclic amines) is 1. The van der Waals surface area contributed by atoms with Crippen LogP contribution in [-0.2, 0) is 4.79 Å². The quantitative estimate of drug-likeness (QED) is 0.315. The van der Waals surface area contributed by atoms with Gasteiger partial charge in [0, 0.05) is 6.92 Å². The SMILES string of the molecule is CC(=O)N1C(O)[C@H](O)[C@@H](O)[C@@H](O)[C@H]1CO. The summed E-state index contributed by atoms with van der Waals surface area (Å²) in [6.07, 6.45) is -6.35.